The Morgan fingerprint density at radius 3 is 2.57 bits per heavy atom. The SMILES string of the molecule is CCN(C(=O)c1ccc2c(c1)OCO2)C(C)c1nc2ccccc2c(=O)n1-c1ccc(C)c(C)c1. The van der Waals surface area contributed by atoms with Gasteiger partial charge in [-0.3, -0.25) is 14.2 Å². The first-order valence-corrected chi connectivity index (χ1v) is 11.7. The molecule has 1 aromatic heterocycles. The molecule has 0 radical (unpaired) electrons. The topological polar surface area (TPSA) is 73.7 Å². The number of aryl methyl sites for hydroxylation is 2. The molecule has 5 rings (SSSR count). The maximum Gasteiger partial charge on any atom is 0.266 e. The first-order chi connectivity index (χ1) is 16.9. The summed E-state index contributed by atoms with van der Waals surface area (Å²) in [5.41, 5.74) is 3.87. The number of hydrogen-bond donors (Lipinski definition) is 0. The summed E-state index contributed by atoms with van der Waals surface area (Å²) in [6.45, 7) is 8.45. The van der Waals surface area contributed by atoms with Gasteiger partial charge in [0.25, 0.3) is 11.5 Å². The van der Waals surface area contributed by atoms with Crippen LogP contribution in [0.1, 0.15) is 47.2 Å². The Hall–Kier alpha value is -4.13. The Labute approximate surface area is 203 Å². The van der Waals surface area contributed by atoms with Crippen molar-refractivity contribution in [1.82, 2.24) is 14.5 Å². The molecule has 4 aromatic rings. The molecule has 0 fully saturated rings. The maximum atomic E-state index is 13.7. The third-order valence-corrected chi connectivity index (χ3v) is 6.61. The molecule has 0 saturated carbocycles. The van der Waals surface area contributed by atoms with Crippen molar-refractivity contribution in [2.75, 3.05) is 13.3 Å². The van der Waals surface area contributed by atoms with Gasteiger partial charge < -0.3 is 14.4 Å². The lowest BCUT2D eigenvalue weighted by Gasteiger charge is -2.30. The number of carbonyl (C=O) groups is 1. The van der Waals surface area contributed by atoms with Gasteiger partial charge in [0, 0.05) is 12.1 Å². The molecule has 1 aliphatic heterocycles. The minimum absolute atomic E-state index is 0.143. The largest absolute Gasteiger partial charge is 0.454 e. The van der Waals surface area contributed by atoms with Gasteiger partial charge in [-0.2, -0.15) is 0 Å². The number of benzene rings is 3. The third kappa shape index (κ3) is 3.93. The van der Waals surface area contributed by atoms with Gasteiger partial charge in [-0.15, -0.1) is 0 Å². The van der Waals surface area contributed by atoms with Crippen LogP contribution in [0.15, 0.2) is 65.5 Å². The van der Waals surface area contributed by atoms with E-state index in [0.29, 0.717) is 40.3 Å². The summed E-state index contributed by atoms with van der Waals surface area (Å²) in [6, 6.07) is 17.9. The van der Waals surface area contributed by atoms with Crippen LogP contribution in [-0.4, -0.2) is 33.7 Å². The molecule has 3 aromatic carbocycles. The number of amides is 1. The fourth-order valence-corrected chi connectivity index (χ4v) is 4.47. The standard InChI is InChI=1S/C28H27N3O4/c1-5-30(27(32)20-11-13-24-25(15-20)35-16-34-24)19(4)26-29-23-9-7-6-8-22(23)28(33)31(26)21-12-10-17(2)18(3)14-21/h6-15,19H,5,16H2,1-4H3. The van der Waals surface area contributed by atoms with E-state index in [2.05, 4.69) is 0 Å². The number of rotatable bonds is 5. The van der Waals surface area contributed by atoms with Gasteiger partial charge in [-0.1, -0.05) is 18.2 Å². The second-order valence-corrected chi connectivity index (χ2v) is 8.73. The van der Waals surface area contributed by atoms with Crippen LogP contribution in [-0.2, 0) is 0 Å². The minimum Gasteiger partial charge on any atom is -0.454 e. The fourth-order valence-electron chi connectivity index (χ4n) is 4.47. The summed E-state index contributed by atoms with van der Waals surface area (Å²) in [4.78, 5) is 33.9. The average molecular weight is 470 g/mol. The van der Waals surface area contributed by atoms with E-state index in [9.17, 15) is 9.59 Å². The number of nitrogens with zero attached hydrogens (tertiary/aromatic N) is 3. The fraction of sp³-hybridized carbons (Fsp3) is 0.250. The van der Waals surface area contributed by atoms with Crippen LogP contribution in [0.2, 0.25) is 0 Å². The molecule has 35 heavy (non-hydrogen) atoms. The zero-order valence-corrected chi connectivity index (χ0v) is 20.2. The Morgan fingerprint density at radius 2 is 1.80 bits per heavy atom. The molecule has 2 heterocycles. The van der Waals surface area contributed by atoms with Crippen molar-refractivity contribution in [3.8, 4) is 17.2 Å². The molecule has 0 aliphatic carbocycles. The van der Waals surface area contributed by atoms with Gasteiger partial charge in [-0.25, -0.2) is 4.98 Å². The Bertz CT molecular complexity index is 1510. The summed E-state index contributed by atoms with van der Waals surface area (Å²) >= 11 is 0. The zero-order valence-electron chi connectivity index (χ0n) is 20.2. The second-order valence-electron chi connectivity index (χ2n) is 8.73. The Kier molecular flexibility index (Phi) is 5.76. The van der Waals surface area contributed by atoms with Gasteiger partial charge in [0.2, 0.25) is 6.79 Å². The van der Waals surface area contributed by atoms with Gasteiger partial charge >= 0.3 is 0 Å². The van der Waals surface area contributed by atoms with Crippen molar-refractivity contribution in [1.29, 1.82) is 0 Å². The first kappa shape index (κ1) is 22.7. The van der Waals surface area contributed by atoms with E-state index in [1.165, 1.54) is 0 Å². The van der Waals surface area contributed by atoms with Gasteiger partial charge in [-0.05, 0) is 81.3 Å². The molecular formula is C28H27N3O4. The van der Waals surface area contributed by atoms with E-state index >= 15 is 0 Å². The van der Waals surface area contributed by atoms with E-state index < -0.39 is 6.04 Å². The first-order valence-electron chi connectivity index (χ1n) is 11.7. The van der Waals surface area contributed by atoms with Crippen molar-refractivity contribution < 1.29 is 14.3 Å². The molecule has 178 valence electrons. The molecule has 0 bridgehead atoms. The normalized spacial score (nSPS) is 13.1. The summed E-state index contributed by atoms with van der Waals surface area (Å²) in [7, 11) is 0. The van der Waals surface area contributed by atoms with Gasteiger partial charge in [0.05, 0.1) is 22.6 Å². The number of hydrogen-bond acceptors (Lipinski definition) is 5. The van der Waals surface area contributed by atoms with Gasteiger partial charge in [0.1, 0.15) is 5.82 Å². The van der Waals surface area contributed by atoms with Crippen LogP contribution in [0.3, 0.4) is 0 Å². The molecule has 0 spiro atoms. The van der Waals surface area contributed by atoms with E-state index in [1.54, 1.807) is 33.7 Å². The van der Waals surface area contributed by atoms with Crippen molar-refractivity contribution >= 4 is 16.8 Å². The van der Waals surface area contributed by atoms with E-state index in [0.717, 1.165) is 16.8 Å². The van der Waals surface area contributed by atoms with E-state index in [-0.39, 0.29) is 18.3 Å². The van der Waals surface area contributed by atoms with Crippen LogP contribution in [0.25, 0.3) is 16.6 Å². The summed E-state index contributed by atoms with van der Waals surface area (Å²) < 4.78 is 12.5. The highest BCUT2D eigenvalue weighted by atomic mass is 16.7. The average Bonchev–Trinajstić information content (AvgIpc) is 3.34. The quantitative estimate of drug-likeness (QED) is 0.413. The van der Waals surface area contributed by atoms with E-state index in [1.807, 2.05) is 64.1 Å². The third-order valence-electron chi connectivity index (χ3n) is 6.61. The highest BCUT2D eigenvalue weighted by Crippen LogP contribution is 2.33. The lowest BCUT2D eigenvalue weighted by Crippen LogP contribution is -2.37. The number of carbonyl (C=O) groups excluding carboxylic acids is 1. The molecule has 0 saturated heterocycles. The van der Waals surface area contributed by atoms with Crippen LogP contribution in [0.4, 0.5) is 0 Å². The van der Waals surface area contributed by atoms with Crippen LogP contribution in [0, 0.1) is 13.8 Å². The highest BCUT2D eigenvalue weighted by molar-refractivity contribution is 5.95. The molecule has 1 unspecified atom stereocenters. The number of aromatic nitrogens is 2. The van der Waals surface area contributed by atoms with Crippen molar-refractivity contribution in [2.24, 2.45) is 0 Å². The minimum atomic E-state index is -0.475. The zero-order chi connectivity index (χ0) is 24.7. The second kappa shape index (κ2) is 8.91. The Morgan fingerprint density at radius 1 is 1.03 bits per heavy atom. The number of fused-ring (bicyclic) bond motifs is 2. The monoisotopic (exact) mass is 469 g/mol. The summed E-state index contributed by atoms with van der Waals surface area (Å²) in [6.07, 6.45) is 0. The predicted molar refractivity (Wildman–Crippen MR) is 135 cm³/mol. The van der Waals surface area contributed by atoms with Crippen molar-refractivity contribution in [3.63, 3.8) is 0 Å². The Balaban J connectivity index is 1.65. The molecule has 1 atom stereocenters. The summed E-state index contributed by atoms with van der Waals surface area (Å²) in [5, 5.41) is 0.534. The molecule has 7 heteroatoms. The van der Waals surface area contributed by atoms with Crippen molar-refractivity contribution in [3.05, 3.63) is 93.5 Å². The van der Waals surface area contributed by atoms with Crippen LogP contribution >= 0.6 is 0 Å². The van der Waals surface area contributed by atoms with Crippen LogP contribution < -0.4 is 15.0 Å². The van der Waals surface area contributed by atoms with Gasteiger partial charge in [0.15, 0.2) is 11.5 Å². The molecule has 0 N–H and O–H groups in total. The molecule has 7 nitrogen and oxygen atoms in total. The molecular weight excluding hydrogens is 442 g/mol. The maximum absolute atomic E-state index is 13.7. The predicted octanol–water partition coefficient (Wildman–Crippen LogP) is 4.95. The van der Waals surface area contributed by atoms with E-state index in [4.69, 9.17) is 14.5 Å². The van der Waals surface area contributed by atoms with Crippen LogP contribution in [0.5, 0.6) is 11.5 Å². The smallest absolute Gasteiger partial charge is 0.266 e. The highest BCUT2D eigenvalue weighted by Gasteiger charge is 2.28. The van der Waals surface area contributed by atoms with Crippen molar-refractivity contribution in [2.45, 2.75) is 33.7 Å². The molecule has 1 amide bonds. The summed E-state index contributed by atoms with van der Waals surface area (Å²) in [5.74, 6) is 1.51. The number of para-hydroxylation sites is 1. The number of ether oxygens (including phenoxy) is 2. The molecule has 1 aliphatic rings. The lowest BCUT2D eigenvalue weighted by molar-refractivity contribution is 0.0693. The lowest BCUT2D eigenvalue weighted by atomic mass is 10.1.